The smallest absolute Gasteiger partial charge is 0.167 e. The van der Waals surface area contributed by atoms with Crippen molar-refractivity contribution in [2.24, 2.45) is 40.4 Å². The number of aliphatic hydroxyl groups excluding tert-OH is 2. The highest BCUT2D eigenvalue weighted by atomic mass is 16.3. The van der Waals surface area contributed by atoms with Gasteiger partial charge in [-0.25, -0.2) is 0 Å². The van der Waals surface area contributed by atoms with E-state index in [0.717, 1.165) is 50.5 Å². The fraction of sp³-hybridized carbons (Fsp3) is 0.792. The van der Waals surface area contributed by atoms with Crippen LogP contribution in [0.2, 0.25) is 0 Å². The van der Waals surface area contributed by atoms with Gasteiger partial charge in [-0.1, -0.05) is 13.2 Å². The summed E-state index contributed by atoms with van der Waals surface area (Å²) in [4.78, 5) is 16.0. The molecule has 8 fully saturated rings. The monoisotopic (exact) mass is 381 g/mol. The van der Waals surface area contributed by atoms with E-state index in [2.05, 4.69) is 18.1 Å². The van der Waals surface area contributed by atoms with Crippen molar-refractivity contribution in [1.82, 2.24) is 4.90 Å². The number of carbonyl (C=O) groups excluding carboxylic acids is 1. The highest BCUT2D eigenvalue weighted by Crippen LogP contribution is 2.87. The number of rotatable bonds is 2. The Labute approximate surface area is 166 Å². The maximum atomic E-state index is 13.5. The van der Waals surface area contributed by atoms with Crippen molar-refractivity contribution < 1.29 is 15.0 Å². The van der Waals surface area contributed by atoms with Gasteiger partial charge < -0.3 is 15.1 Å². The average molecular weight is 382 g/mol. The second kappa shape index (κ2) is 4.46. The Morgan fingerprint density at radius 3 is 2.75 bits per heavy atom. The molecule has 8 aliphatic rings. The summed E-state index contributed by atoms with van der Waals surface area (Å²) in [6.07, 6.45) is 9.65. The Morgan fingerprint density at radius 2 is 2.00 bits per heavy atom. The zero-order valence-corrected chi connectivity index (χ0v) is 16.6. The number of fused-ring (bicyclic) bond motifs is 6. The van der Waals surface area contributed by atoms with Crippen molar-refractivity contribution in [3.05, 3.63) is 24.9 Å². The lowest BCUT2D eigenvalue weighted by molar-refractivity contribution is -0.181. The minimum atomic E-state index is -0.585. The first-order valence-corrected chi connectivity index (χ1v) is 11.4. The summed E-state index contributed by atoms with van der Waals surface area (Å²) in [5.74, 6) is 2.41. The summed E-state index contributed by atoms with van der Waals surface area (Å²) in [5, 5.41) is 22.0. The van der Waals surface area contributed by atoms with Gasteiger partial charge in [0.15, 0.2) is 5.78 Å². The third kappa shape index (κ3) is 1.31. The third-order valence-electron chi connectivity index (χ3n) is 11.4. The summed E-state index contributed by atoms with van der Waals surface area (Å²) in [7, 11) is 0. The molecule has 0 radical (unpaired) electrons. The molecule has 6 saturated carbocycles. The maximum Gasteiger partial charge on any atom is 0.167 e. The van der Waals surface area contributed by atoms with Crippen LogP contribution in [0.4, 0.5) is 0 Å². The van der Waals surface area contributed by atoms with Crippen molar-refractivity contribution in [1.29, 1.82) is 0 Å². The third-order valence-corrected chi connectivity index (χ3v) is 11.4. The fourth-order valence-corrected chi connectivity index (χ4v) is 10.3. The quantitative estimate of drug-likeness (QED) is 0.722. The Morgan fingerprint density at radius 1 is 1.18 bits per heavy atom. The normalized spacial score (nSPS) is 62.4. The molecule has 6 aliphatic carbocycles. The van der Waals surface area contributed by atoms with Gasteiger partial charge in [-0.3, -0.25) is 4.79 Å². The van der Waals surface area contributed by atoms with E-state index in [1.165, 1.54) is 6.42 Å². The van der Waals surface area contributed by atoms with Crippen LogP contribution in [0.15, 0.2) is 24.9 Å². The molecule has 2 heterocycles. The molecule has 2 saturated heterocycles. The van der Waals surface area contributed by atoms with Gasteiger partial charge >= 0.3 is 0 Å². The van der Waals surface area contributed by atoms with Gasteiger partial charge in [-0.05, 0) is 92.7 Å². The van der Waals surface area contributed by atoms with E-state index in [4.69, 9.17) is 0 Å². The summed E-state index contributed by atoms with van der Waals surface area (Å²) in [6.45, 7) is 8.57. The molecule has 8 rings (SSSR count). The van der Waals surface area contributed by atoms with E-state index >= 15 is 0 Å². The maximum absolute atomic E-state index is 13.5. The lowest BCUT2D eigenvalue weighted by atomic mass is 9.41. The molecule has 28 heavy (non-hydrogen) atoms. The van der Waals surface area contributed by atoms with Gasteiger partial charge in [0.25, 0.3) is 0 Å². The number of carbonyl (C=O) groups is 1. The molecule has 0 aromatic carbocycles. The van der Waals surface area contributed by atoms with Crippen LogP contribution in [0.3, 0.4) is 0 Å². The lowest BCUT2D eigenvalue weighted by Gasteiger charge is -2.62. The standard InChI is InChI=1S/C24H31NO3/c1-3-25-21(12-26)6-7-22(25)11-24(22)17(15-9-16(15)21)10-19(27)23-5-4-14(8-18(23)24)13(2)20(23)28/h3,14-19,26-27H,1-2,4-12H2. The van der Waals surface area contributed by atoms with Crippen molar-refractivity contribution in [2.75, 3.05) is 6.61 Å². The molecule has 10 atom stereocenters. The molecular formula is C24H31NO3. The van der Waals surface area contributed by atoms with Gasteiger partial charge in [-0.15, -0.1) is 0 Å². The van der Waals surface area contributed by atoms with Crippen LogP contribution in [0, 0.1) is 40.4 Å². The first-order valence-electron chi connectivity index (χ1n) is 11.4. The van der Waals surface area contributed by atoms with Crippen LogP contribution in [-0.4, -0.2) is 44.7 Å². The van der Waals surface area contributed by atoms with Crippen LogP contribution < -0.4 is 0 Å². The van der Waals surface area contributed by atoms with E-state index < -0.39 is 11.5 Å². The highest BCUT2D eigenvalue weighted by molar-refractivity contribution is 6.02. The van der Waals surface area contributed by atoms with Gasteiger partial charge in [0.05, 0.1) is 23.7 Å². The molecule has 10 unspecified atom stereocenters. The van der Waals surface area contributed by atoms with Crippen molar-refractivity contribution >= 4 is 5.78 Å². The number of ketones is 1. The molecule has 0 aromatic heterocycles. The summed E-state index contributed by atoms with van der Waals surface area (Å²) in [6, 6.07) is 0. The predicted molar refractivity (Wildman–Crippen MR) is 104 cm³/mol. The minimum absolute atomic E-state index is 0.0620. The molecule has 2 aliphatic heterocycles. The van der Waals surface area contributed by atoms with Gasteiger partial charge in [-0.2, -0.15) is 0 Å². The second-order valence-corrected chi connectivity index (χ2v) is 11.3. The molecule has 150 valence electrons. The SMILES string of the molecule is C=CN1C2(CO)CCC13CC31C(CC(O)C34CCC(CC31)C(=C)C4=O)C1CC12. The first kappa shape index (κ1) is 16.6. The Kier molecular flexibility index (Phi) is 2.65. The number of Topliss-reactive ketones (excluding diaryl/α,β-unsaturated/α-hetero) is 1. The summed E-state index contributed by atoms with van der Waals surface area (Å²) in [5.41, 5.74) is 0.250. The largest absolute Gasteiger partial charge is 0.394 e. The molecule has 2 N–H and O–H groups in total. The molecule has 0 amide bonds. The van der Waals surface area contributed by atoms with Crippen LogP contribution in [0.1, 0.15) is 51.4 Å². The van der Waals surface area contributed by atoms with E-state index in [1.807, 2.05) is 6.20 Å². The Balaban J connectivity index is 1.45. The summed E-state index contributed by atoms with van der Waals surface area (Å²) < 4.78 is 0. The molecular weight excluding hydrogens is 350 g/mol. The highest BCUT2D eigenvalue weighted by Gasteiger charge is 2.89. The zero-order valence-electron chi connectivity index (χ0n) is 16.6. The predicted octanol–water partition coefficient (Wildman–Crippen LogP) is 2.66. The van der Waals surface area contributed by atoms with Gasteiger partial charge in [0.1, 0.15) is 0 Å². The van der Waals surface area contributed by atoms with Crippen LogP contribution in [-0.2, 0) is 4.79 Å². The van der Waals surface area contributed by atoms with Crippen molar-refractivity contribution in [3.63, 3.8) is 0 Å². The first-order chi connectivity index (χ1) is 13.4. The van der Waals surface area contributed by atoms with Gasteiger partial charge in [0, 0.05) is 11.0 Å². The van der Waals surface area contributed by atoms with E-state index in [-0.39, 0.29) is 34.8 Å². The Hall–Kier alpha value is -1.13. The van der Waals surface area contributed by atoms with Crippen LogP contribution >= 0.6 is 0 Å². The molecule has 4 bridgehead atoms. The fourth-order valence-electron chi connectivity index (χ4n) is 10.3. The van der Waals surface area contributed by atoms with Gasteiger partial charge in [0.2, 0.25) is 0 Å². The summed E-state index contributed by atoms with van der Waals surface area (Å²) >= 11 is 0. The van der Waals surface area contributed by atoms with E-state index in [0.29, 0.717) is 23.7 Å². The molecule has 0 aromatic rings. The number of allylic oxidation sites excluding steroid dienone is 1. The van der Waals surface area contributed by atoms with E-state index in [9.17, 15) is 15.0 Å². The molecule has 4 nitrogen and oxygen atoms in total. The molecule has 4 heteroatoms. The van der Waals surface area contributed by atoms with Crippen molar-refractivity contribution in [2.45, 2.75) is 68.5 Å². The average Bonchev–Trinajstić information content (AvgIpc) is 3.58. The molecule has 3 spiro atoms. The van der Waals surface area contributed by atoms with Crippen LogP contribution in [0.25, 0.3) is 0 Å². The number of aliphatic hydroxyl groups is 2. The number of hydrogen-bond donors (Lipinski definition) is 2. The Bertz CT molecular complexity index is 853. The zero-order chi connectivity index (χ0) is 19.3. The van der Waals surface area contributed by atoms with Crippen molar-refractivity contribution in [3.8, 4) is 0 Å². The number of nitrogens with zero attached hydrogens (tertiary/aromatic N) is 1. The topological polar surface area (TPSA) is 60.8 Å². The van der Waals surface area contributed by atoms with Crippen LogP contribution in [0.5, 0.6) is 0 Å². The number of hydrogen-bond acceptors (Lipinski definition) is 4. The second-order valence-electron chi connectivity index (χ2n) is 11.3. The minimum Gasteiger partial charge on any atom is -0.394 e. The van der Waals surface area contributed by atoms with E-state index in [1.54, 1.807) is 0 Å². The lowest BCUT2D eigenvalue weighted by Crippen LogP contribution is -2.65.